The Morgan fingerprint density at radius 2 is 1.86 bits per heavy atom. The van der Waals surface area contributed by atoms with E-state index in [1.54, 1.807) is 4.88 Å². The molecule has 3 aliphatic rings. The molecule has 1 aromatic heterocycles. The minimum Gasteiger partial charge on any atom is -0.354 e. The van der Waals surface area contributed by atoms with Gasteiger partial charge in [0.05, 0.1) is 0 Å². The van der Waals surface area contributed by atoms with Crippen molar-refractivity contribution in [2.75, 3.05) is 5.32 Å². The van der Waals surface area contributed by atoms with Gasteiger partial charge in [-0.15, -0.1) is 11.3 Å². The van der Waals surface area contributed by atoms with Crippen molar-refractivity contribution in [2.24, 2.45) is 11.8 Å². The Morgan fingerprint density at radius 1 is 1.10 bits per heavy atom. The summed E-state index contributed by atoms with van der Waals surface area (Å²) < 4.78 is 0. The van der Waals surface area contributed by atoms with Gasteiger partial charge in [0.25, 0.3) is 0 Å². The van der Waals surface area contributed by atoms with Crippen LogP contribution in [0.25, 0.3) is 0 Å². The summed E-state index contributed by atoms with van der Waals surface area (Å²) in [5.74, 6) is 1.68. The van der Waals surface area contributed by atoms with Crippen molar-refractivity contribution in [2.45, 2.75) is 64.5 Å². The lowest BCUT2D eigenvalue weighted by molar-refractivity contribution is 0.249. The lowest BCUT2D eigenvalue weighted by atomic mass is 9.81. The molecule has 0 unspecified atom stereocenters. The molecule has 1 atom stereocenters. The summed E-state index contributed by atoms with van der Waals surface area (Å²) in [6.07, 6.45) is 8.71. The van der Waals surface area contributed by atoms with Gasteiger partial charge in [-0.25, -0.2) is 0 Å². The van der Waals surface area contributed by atoms with Gasteiger partial charge in [0, 0.05) is 10.4 Å². The van der Waals surface area contributed by atoms with Crippen LogP contribution in [-0.4, -0.2) is 10.7 Å². The molecule has 0 radical (unpaired) electrons. The van der Waals surface area contributed by atoms with E-state index in [4.69, 9.17) is 12.2 Å². The van der Waals surface area contributed by atoms with Gasteiger partial charge in [-0.2, -0.15) is 0 Å². The summed E-state index contributed by atoms with van der Waals surface area (Å²) in [6.45, 7) is 4.74. The summed E-state index contributed by atoms with van der Waals surface area (Å²) in [6, 6.07) is 0. The van der Waals surface area contributed by atoms with E-state index in [9.17, 15) is 0 Å². The van der Waals surface area contributed by atoms with Gasteiger partial charge < -0.3 is 10.6 Å². The molecule has 114 valence electrons. The summed E-state index contributed by atoms with van der Waals surface area (Å²) >= 11 is 7.74. The topological polar surface area (TPSA) is 24.1 Å². The molecule has 1 fully saturated rings. The number of thiophene rings is 1. The third kappa shape index (κ3) is 2.31. The molecule has 4 heteroatoms. The van der Waals surface area contributed by atoms with Crippen molar-refractivity contribution < 1.29 is 0 Å². The van der Waals surface area contributed by atoms with Crippen LogP contribution in [-0.2, 0) is 12.8 Å². The zero-order valence-corrected chi connectivity index (χ0v) is 14.6. The van der Waals surface area contributed by atoms with Crippen LogP contribution in [0.4, 0.5) is 5.00 Å². The van der Waals surface area contributed by atoms with E-state index in [0.29, 0.717) is 0 Å². The number of fused-ring (bicyclic) bond motifs is 3. The molecule has 2 heterocycles. The molecule has 1 aromatic rings. The largest absolute Gasteiger partial charge is 0.354 e. The van der Waals surface area contributed by atoms with Crippen LogP contribution < -0.4 is 10.6 Å². The predicted octanol–water partition coefficient (Wildman–Crippen LogP) is 4.47. The number of anilines is 1. The molecular weight excluding hydrogens is 296 g/mol. The Hall–Kier alpha value is -0.610. The predicted molar refractivity (Wildman–Crippen MR) is 94.3 cm³/mol. The monoisotopic (exact) mass is 320 g/mol. The molecule has 1 spiro atoms. The number of hydrogen-bond acceptors (Lipinski definition) is 3. The highest BCUT2D eigenvalue weighted by Gasteiger charge is 2.41. The van der Waals surface area contributed by atoms with Gasteiger partial charge in [-0.3, -0.25) is 0 Å². The first-order chi connectivity index (χ1) is 10.1. The number of rotatable bonds is 0. The highest BCUT2D eigenvalue weighted by molar-refractivity contribution is 7.80. The maximum atomic E-state index is 5.77. The second-order valence-electron chi connectivity index (χ2n) is 7.40. The van der Waals surface area contributed by atoms with Crippen LogP contribution in [0.3, 0.4) is 0 Å². The van der Waals surface area contributed by atoms with E-state index >= 15 is 0 Å². The minimum atomic E-state index is 0.0374. The van der Waals surface area contributed by atoms with Crippen molar-refractivity contribution >= 4 is 33.5 Å². The van der Waals surface area contributed by atoms with E-state index in [-0.39, 0.29) is 5.66 Å². The van der Waals surface area contributed by atoms with E-state index in [1.807, 2.05) is 11.3 Å². The Bertz CT molecular complexity index is 582. The first kappa shape index (κ1) is 14.0. The molecule has 0 aromatic carbocycles. The van der Waals surface area contributed by atoms with Gasteiger partial charge in [0.2, 0.25) is 0 Å². The van der Waals surface area contributed by atoms with Crippen LogP contribution in [0, 0.1) is 11.8 Å². The number of thiocarbonyl (C=S) groups is 1. The van der Waals surface area contributed by atoms with Crippen molar-refractivity contribution in [3.8, 4) is 0 Å². The summed E-state index contributed by atoms with van der Waals surface area (Å²) in [4.78, 5) is 2.59. The van der Waals surface area contributed by atoms with Crippen molar-refractivity contribution in [1.82, 2.24) is 5.32 Å². The fraction of sp³-hybridized carbons (Fsp3) is 0.706. The number of hydrogen-bond donors (Lipinski definition) is 2. The molecule has 2 N–H and O–H groups in total. The first-order valence-electron chi connectivity index (χ1n) is 8.31. The molecule has 2 nitrogen and oxygen atoms in total. The molecule has 1 aliphatic heterocycles. The van der Waals surface area contributed by atoms with Crippen molar-refractivity contribution in [1.29, 1.82) is 0 Å². The lowest BCUT2D eigenvalue weighted by Crippen LogP contribution is -2.58. The van der Waals surface area contributed by atoms with Gasteiger partial charge in [0.15, 0.2) is 0 Å². The van der Waals surface area contributed by atoms with Gasteiger partial charge in [-0.05, 0) is 62.3 Å². The van der Waals surface area contributed by atoms with Crippen molar-refractivity contribution in [3.63, 3.8) is 0 Å². The Labute approximate surface area is 136 Å². The molecule has 0 saturated heterocycles. The van der Waals surface area contributed by atoms with E-state index in [2.05, 4.69) is 24.5 Å². The normalized spacial score (nSPS) is 34.9. The average molecular weight is 321 g/mol. The van der Waals surface area contributed by atoms with E-state index < -0.39 is 0 Å². The summed E-state index contributed by atoms with van der Waals surface area (Å²) in [5, 5.41) is 8.89. The van der Waals surface area contributed by atoms with Gasteiger partial charge in [0.1, 0.15) is 15.7 Å². The molecule has 4 rings (SSSR count). The second-order valence-corrected chi connectivity index (χ2v) is 8.91. The van der Waals surface area contributed by atoms with Crippen LogP contribution in [0.5, 0.6) is 0 Å². The Balaban J connectivity index is 1.68. The van der Waals surface area contributed by atoms with Gasteiger partial charge >= 0.3 is 0 Å². The molecule has 2 aliphatic carbocycles. The minimum absolute atomic E-state index is 0.0374. The third-order valence-corrected chi connectivity index (χ3v) is 7.05. The van der Waals surface area contributed by atoms with Gasteiger partial charge in [-0.1, -0.05) is 26.1 Å². The van der Waals surface area contributed by atoms with Crippen LogP contribution in [0.1, 0.15) is 62.0 Å². The first-order valence-corrected chi connectivity index (χ1v) is 9.54. The maximum absolute atomic E-state index is 5.77. The maximum Gasteiger partial charge on any atom is 0.111 e. The highest BCUT2D eigenvalue weighted by Crippen LogP contribution is 2.45. The smallest absolute Gasteiger partial charge is 0.111 e. The molecule has 21 heavy (non-hydrogen) atoms. The van der Waals surface area contributed by atoms with Crippen LogP contribution >= 0.6 is 23.6 Å². The molecule has 0 amide bonds. The van der Waals surface area contributed by atoms with Crippen LogP contribution in [0.15, 0.2) is 0 Å². The lowest BCUT2D eigenvalue weighted by Gasteiger charge is -2.44. The zero-order chi connectivity index (χ0) is 14.6. The third-order valence-electron chi connectivity index (χ3n) is 5.57. The molecular formula is C17H24N2S2. The SMILES string of the molecule is CC1CCC2(CC1)NC(=S)c1c(sc3c1CC[C@@H](C)C3)N2. The average Bonchev–Trinajstić information content (AvgIpc) is 2.79. The fourth-order valence-corrected chi connectivity index (χ4v) is 6.11. The fourth-order valence-electron chi connectivity index (χ4n) is 4.11. The highest BCUT2D eigenvalue weighted by atomic mass is 32.1. The molecule has 0 bridgehead atoms. The Kier molecular flexibility index (Phi) is 3.30. The van der Waals surface area contributed by atoms with E-state index in [0.717, 1.165) is 16.8 Å². The molecule has 1 saturated carbocycles. The number of nitrogens with one attached hydrogen (secondary N) is 2. The van der Waals surface area contributed by atoms with Crippen LogP contribution in [0.2, 0.25) is 0 Å². The zero-order valence-electron chi connectivity index (χ0n) is 12.9. The Morgan fingerprint density at radius 3 is 2.62 bits per heavy atom. The standard InChI is InChI=1S/C17H24N2S2/c1-10-5-7-17(8-6-10)18-15(20)14-12-4-3-11(2)9-13(12)21-16(14)19-17/h10-11,19H,3-9H2,1-2H3,(H,18,20)/t10?,11-,17?/m1/s1. The quantitative estimate of drug-likeness (QED) is 0.690. The summed E-state index contributed by atoms with van der Waals surface area (Å²) in [5.41, 5.74) is 2.91. The summed E-state index contributed by atoms with van der Waals surface area (Å²) in [7, 11) is 0. The van der Waals surface area contributed by atoms with Crippen molar-refractivity contribution in [3.05, 3.63) is 16.0 Å². The second kappa shape index (κ2) is 4.95. The van der Waals surface area contributed by atoms with E-state index in [1.165, 1.54) is 61.1 Å².